The summed E-state index contributed by atoms with van der Waals surface area (Å²) in [7, 11) is 1.90. The predicted molar refractivity (Wildman–Crippen MR) is 70.5 cm³/mol. The Labute approximate surface area is 112 Å². The van der Waals surface area contributed by atoms with Crippen molar-refractivity contribution in [1.29, 1.82) is 0 Å². The molecule has 1 aromatic heterocycles. The van der Waals surface area contributed by atoms with E-state index in [1.54, 1.807) is 6.92 Å². The quantitative estimate of drug-likeness (QED) is 0.885. The Bertz CT molecular complexity index is 458. The molecule has 0 saturated carbocycles. The van der Waals surface area contributed by atoms with Crippen molar-refractivity contribution < 1.29 is 14.6 Å². The number of ether oxygens (including phenoxy) is 1. The first-order valence-electron chi connectivity index (χ1n) is 6.44. The number of anilines is 1. The zero-order chi connectivity index (χ0) is 13.8. The smallest absolute Gasteiger partial charge is 0.354 e. The maximum atomic E-state index is 11.0. The van der Waals surface area contributed by atoms with Crippen LogP contribution in [0.15, 0.2) is 6.07 Å². The first kappa shape index (κ1) is 13.7. The number of aromatic carboxylic acids is 1. The average molecular weight is 265 g/mol. The fraction of sp³-hybridized carbons (Fsp3) is 0.615. The van der Waals surface area contributed by atoms with Crippen LogP contribution in [0.1, 0.15) is 29.0 Å². The average Bonchev–Trinajstić information content (AvgIpc) is 2.39. The second-order valence-electron chi connectivity index (χ2n) is 4.94. The van der Waals surface area contributed by atoms with Crippen LogP contribution in [0.5, 0.6) is 0 Å². The molecule has 0 aromatic carbocycles. The van der Waals surface area contributed by atoms with Crippen LogP contribution in [-0.4, -0.2) is 47.8 Å². The number of carboxylic acids is 1. The van der Waals surface area contributed by atoms with Crippen molar-refractivity contribution in [3.63, 3.8) is 0 Å². The summed E-state index contributed by atoms with van der Waals surface area (Å²) < 4.78 is 5.33. The summed E-state index contributed by atoms with van der Waals surface area (Å²) in [5.41, 5.74) is 0.711. The molecule has 0 radical (unpaired) electrons. The molecule has 0 aliphatic carbocycles. The van der Waals surface area contributed by atoms with Gasteiger partial charge in [-0.15, -0.1) is 0 Å². The minimum Gasteiger partial charge on any atom is -0.477 e. The van der Waals surface area contributed by atoms with E-state index in [1.165, 1.54) is 6.07 Å². The molecule has 1 aliphatic heterocycles. The maximum Gasteiger partial charge on any atom is 0.354 e. The Morgan fingerprint density at radius 3 is 2.79 bits per heavy atom. The van der Waals surface area contributed by atoms with Crippen LogP contribution in [0.4, 0.5) is 5.95 Å². The van der Waals surface area contributed by atoms with Crippen molar-refractivity contribution in [2.24, 2.45) is 5.92 Å². The highest BCUT2D eigenvalue weighted by atomic mass is 16.5. The Morgan fingerprint density at radius 1 is 1.47 bits per heavy atom. The van der Waals surface area contributed by atoms with E-state index < -0.39 is 5.97 Å². The minimum absolute atomic E-state index is 0.0429. The zero-order valence-corrected chi connectivity index (χ0v) is 11.3. The molecular formula is C13H19N3O3. The molecular weight excluding hydrogens is 246 g/mol. The van der Waals surface area contributed by atoms with Gasteiger partial charge in [0, 0.05) is 32.5 Å². The minimum atomic E-state index is -1.02. The van der Waals surface area contributed by atoms with Crippen molar-refractivity contribution in [1.82, 2.24) is 9.97 Å². The highest BCUT2D eigenvalue weighted by molar-refractivity contribution is 5.85. The molecule has 1 saturated heterocycles. The summed E-state index contributed by atoms with van der Waals surface area (Å²) in [4.78, 5) is 21.3. The summed E-state index contributed by atoms with van der Waals surface area (Å²) in [5, 5.41) is 9.01. The van der Waals surface area contributed by atoms with Crippen molar-refractivity contribution in [3.8, 4) is 0 Å². The summed E-state index contributed by atoms with van der Waals surface area (Å²) >= 11 is 0. The molecule has 6 heteroatoms. The predicted octanol–water partition coefficient (Wildman–Crippen LogP) is 1.35. The molecule has 2 heterocycles. The van der Waals surface area contributed by atoms with Gasteiger partial charge in [0.15, 0.2) is 5.69 Å². The summed E-state index contributed by atoms with van der Waals surface area (Å²) in [6.45, 7) is 4.20. The van der Waals surface area contributed by atoms with E-state index in [2.05, 4.69) is 9.97 Å². The van der Waals surface area contributed by atoms with Gasteiger partial charge in [-0.05, 0) is 31.7 Å². The molecule has 2 rings (SSSR count). The standard InChI is InChI=1S/C13H19N3O3/c1-9-7-11(12(17)18)15-13(14-9)16(2)8-10-3-5-19-6-4-10/h7,10H,3-6,8H2,1-2H3,(H,17,18). The molecule has 0 amide bonds. The van der Waals surface area contributed by atoms with Crippen LogP contribution in [0, 0.1) is 12.8 Å². The van der Waals surface area contributed by atoms with Crippen molar-refractivity contribution in [2.75, 3.05) is 31.7 Å². The molecule has 1 fully saturated rings. The molecule has 0 unspecified atom stereocenters. The molecule has 6 nitrogen and oxygen atoms in total. The Morgan fingerprint density at radius 2 is 2.16 bits per heavy atom. The monoisotopic (exact) mass is 265 g/mol. The van der Waals surface area contributed by atoms with Crippen molar-refractivity contribution >= 4 is 11.9 Å². The number of nitrogens with zero attached hydrogens (tertiary/aromatic N) is 3. The van der Waals surface area contributed by atoms with Crippen LogP contribution in [-0.2, 0) is 4.74 Å². The lowest BCUT2D eigenvalue weighted by atomic mass is 10.00. The lowest BCUT2D eigenvalue weighted by Gasteiger charge is -2.27. The Hall–Kier alpha value is -1.69. The number of aryl methyl sites for hydroxylation is 1. The van der Waals surface area contributed by atoms with Crippen LogP contribution in [0.25, 0.3) is 0 Å². The van der Waals surface area contributed by atoms with E-state index in [9.17, 15) is 4.79 Å². The number of aromatic nitrogens is 2. The summed E-state index contributed by atoms with van der Waals surface area (Å²) in [5.74, 6) is 0.00579. The fourth-order valence-electron chi connectivity index (χ4n) is 2.23. The van der Waals surface area contributed by atoms with E-state index in [0.29, 0.717) is 17.6 Å². The molecule has 1 aliphatic rings. The molecule has 0 spiro atoms. The molecule has 1 aromatic rings. The van der Waals surface area contributed by atoms with Gasteiger partial charge in [-0.25, -0.2) is 14.8 Å². The lowest BCUT2D eigenvalue weighted by molar-refractivity contribution is 0.0684. The van der Waals surface area contributed by atoms with Crippen LogP contribution in [0.3, 0.4) is 0 Å². The van der Waals surface area contributed by atoms with Gasteiger partial charge in [0.05, 0.1) is 0 Å². The van der Waals surface area contributed by atoms with Gasteiger partial charge in [-0.3, -0.25) is 0 Å². The Kier molecular flexibility index (Phi) is 4.31. The third-order valence-corrected chi connectivity index (χ3v) is 3.28. The largest absolute Gasteiger partial charge is 0.477 e. The number of hydrogen-bond donors (Lipinski definition) is 1. The second kappa shape index (κ2) is 5.97. The molecule has 0 atom stereocenters. The van der Waals surface area contributed by atoms with E-state index in [-0.39, 0.29) is 5.69 Å². The zero-order valence-electron chi connectivity index (χ0n) is 11.3. The third-order valence-electron chi connectivity index (χ3n) is 3.28. The molecule has 0 bridgehead atoms. The molecule has 1 N–H and O–H groups in total. The fourth-order valence-corrected chi connectivity index (χ4v) is 2.23. The number of rotatable bonds is 4. The van der Waals surface area contributed by atoms with Crippen LogP contribution in [0.2, 0.25) is 0 Å². The topological polar surface area (TPSA) is 75.5 Å². The number of carboxylic acid groups (broad SMARTS) is 1. The van der Waals surface area contributed by atoms with E-state index in [0.717, 1.165) is 32.6 Å². The lowest BCUT2D eigenvalue weighted by Crippen LogP contribution is -2.31. The van der Waals surface area contributed by atoms with Gasteiger partial charge < -0.3 is 14.7 Å². The Balaban J connectivity index is 2.09. The SMILES string of the molecule is Cc1cc(C(=O)O)nc(N(C)CC2CCOCC2)n1. The number of carbonyl (C=O) groups is 1. The van der Waals surface area contributed by atoms with Gasteiger partial charge in [-0.1, -0.05) is 0 Å². The normalized spacial score (nSPS) is 16.3. The van der Waals surface area contributed by atoms with E-state index in [1.807, 2.05) is 11.9 Å². The van der Waals surface area contributed by atoms with Crippen molar-refractivity contribution in [3.05, 3.63) is 17.5 Å². The maximum absolute atomic E-state index is 11.0. The number of hydrogen-bond acceptors (Lipinski definition) is 5. The van der Waals surface area contributed by atoms with Gasteiger partial charge in [0.25, 0.3) is 0 Å². The highest BCUT2D eigenvalue weighted by Gasteiger charge is 2.18. The van der Waals surface area contributed by atoms with E-state index in [4.69, 9.17) is 9.84 Å². The molecule has 19 heavy (non-hydrogen) atoms. The summed E-state index contributed by atoms with van der Waals surface area (Å²) in [6.07, 6.45) is 2.06. The van der Waals surface area contributed by atoms with Gasteiger partial charge in [-0.2, -0.15) is 0 Å². The second-order valence-corrected chi connectivity index (χ2v) is 4.94. The molecule has 104 valence electrons. The highest BCUT2D eigenvalue weighted by Crippen LogP contribution is 2.18. The summed E-state index contributed by atoms with van der Waals surface area (Å²) in [6, 6.07) is 1.48. The van der Waals surface area contributed by atoms with E-state index >= 15 is 0 Å². The van der Waals surface area contributed by atoms with Crippen LogP contribution >= 0.6 is 0 Å². The van der Waals surface area contributed by atoms with Gasteiger partial charge in [0.2, 0.25) is 5.95 Å². The first-order chi connectivity index (χ1) is 9.06. The van der Waals surface area contributed by atoms with Gasteiger partial charge in [0.1, 0.15) is 0 Å². The first-order valence-corrected chi connectivity index (χ1v) is 6.44. The third kappa shape index (κ3) is 3.64. The van der Waals surface area contributed by atoms with Crippen LogP contribution < -0.4 is 4.90 Å². The van der Waals surface area contributed by atoms with Crippen molar-refractivity contribution in [2.45, 2.75) is 19.8 Å². The van der Waals surface area contributed by atoms with Gasteiger partial charge >= 0.3 is 5.97 Å².